The van der Waals surface area contributed by atoms with Gasteiger partial charge in [0.2, 0.25) is 0 Å². The lowest BCUT2D eigenvalue weighted by Crippen LogP contribution is -1.96. The molecule has 0 aliphatic rings. The van der Waals surface area contributed by atoms with Crippen molar-refractivity contribution in [1.82, 2.24) is 9.38 Å². The van der Waals surface area contributed by atoms with Gasteiger partial charge in [-0.1, -0.05) is 6.07 Å². The monoisotopic (exact) mass is 238 g/mol. The number of fused-ring (bicyclic) bond motifs is 1. The highest BCUT2D eigenvalue weighted by atomic mass is 16.4. The SMILES string of the molecule is O=C(O)c1ccn2cc(-c3cccnc3)cc2c1. The summed E-state index contributed by atoms with van der Waals surface area (Å²) in [7, 11) is 0. The van der Waals surface area contributed by atoms with E-state index in [0.717, 1.165) is 16.6 Å². The Bertz CT molecular complexity index is 717. The van der Waals surface area contributed by atoms with E-state index in [1.807, 2.05) is 28.8 Å². The third-order valence-electron chi connectivity index (χ3n) is 2.84. The molecule has 88 valence electrons. The molecule has 0 atom stereocenters. The maximum Gasteiger partial charge on any atom is 0.335 e. The molecule has 0 aromatic carbocycles. The highest BCUT2D eigenvalue weighted by Gasteiger charge is 2.06. The summed E-state index contributed by atoms with van der Waals surface area (Å²) in [6, 6.07) is 9.04. The number of aromatic carboxylic acids is 1. The molecule has 3 rings (SSSR count). The van der Waals surface area contributed by atoms with E-state index in [1.165, 1.54) is 0 Å². The molecular formula is C14H10N2O2. The Balaban J connectivity index is 2.14. The van der Waals surface area contributed by atoms with Gasteiger partial charge in [0.05, 0.1) is 5.56 Å². The van der Waals surface area contributed by atoms with E-state index in [0.29, 0.717) is 5.56 Å². The van der Waals surface area contributed by atoms with Crippen LogP contribution in [-0.4, -0.2) is 20.5 Å². The Kier molecular flexibility index (Phi) is 2.34. The molecule has 0 bridgehead atoms. The van der Waals surface area contributed by atoms with Gasteiger partial charge >= 0.3 is 5.97 Å². The quantitative estimate of drug-likeness (QED) is 0.746. The maximum absolute atomic E-state index is 10.9. The zero-order valence-electron chi connectivity index (χ0n) is 9.45. The van der Waals surface area contributed by atoms with Gasteiger partial charge in [0, 0.05) is 41.4 Å². The van der Waals surface area contributed by atoms with Gasteiger partial charge in [0.1, 0.15) is 0 Å². The minimum Gasteiger partial charge on any atom is -0.478 e. The maximum atomic E-state index is 10.9. The normalized spacial score (nSPS) is 10.7. The van der Waals surface area contributed by atoms with Crippen molar-refractivity contribution < 1.29 is 9.90 Å². The summed E-state index contributed by atoms with van der Waals surface area (Å²) in [6.45, 7) is 0. The summed E-state index contributed by atoms with van der Waals surface area (Å²) in [5.74, 6) is -0.915. The molecule has 4 nitrogen and oxygen atoms in total. The molecule has 1 N–H and O–H groups in total. The van der Waals surface area contributed by atoms with Crippen molar-refractivity contribution in [2.45, 2.75) is 0 Å². The molecule has 0 saturated carbocycles. The van der Waals surface area contributed by atoms with Crippen LogP contribution in [0.1, 0.15) is 10.4 Å². The van der Waals surface area contributed by atoms with Gasteiger partial charge in [-0.3, -0.25) is 4.98 Å². The second-order valence-electron chi connectivity index (χ2n) is 4.02. The fourth-order valence-corrected chi connectivity index (χ4v) is 1.93. The van der Waals surface area contributed by atoms with Crippen LogP contribution in [0, 0.1) is 0 Å². The fraction of sp³-hybridized carbons (Fsp3) is 0. The summed E-state index contributed by atoms with van der Waals surface area (Å²) in [5.41, 5.74) is 3.18. The number of hydrogen-bond acceptors (Lipinski definition) is 2. The van der Waals surface area contributed by atoms with E-state index in [9.17, 15) is 4.79 Å². The summed E-state index contributed by atoms with van der Waals surface area (Å²) < 4.78 is 1.90. The van der Waals surface area contributed by atoms with Gasteiger partial charge in [-0.15, -0.1) is 0 Å². The first kappa shape index (κ1) is 10.5. The van der Waals surface area contributed by atoms with Gasteiger partial charge in [0.25, 0.3) is 0 Å². The van der Waals surface area contributed by atoms with Crippen molar-refractivity contribution >= 4 is 11.5 Å². The van der Waals surface area contributed by atoms with Crippen LogP contribution < -0.4 is 0 Å². The smallest absolute Gasteiger partial charge is 0.335 e. The van der Waals surface area contributed by atoms with Crippen molar-refractivity contribution in [3.8, 4) is 11.1 Å². The molecule has 0 spiro atoms. The Morgan fingerprint density at radius 3 is 2.83 bits per heavy atom. The topological polar surface area (TPSA) is 54.6 Å². The number of nitrogens with zero attached hydrogens (tertiary/aromatic N) is 2. The molecule has 18 heavy (non-hydrogen) atoms. The molecule has 0 radical (unpaired) electrons. The largest absolute Gasteiger partial charge is 0.478 e. The lowest BCUT2D eigenvalue weighted by atomic mass is 10.1. The van der Waals surface area contributed by atoms with Crippen molar-refractivity contribution in [2.24, 2.45) is 0 Å². The summed E-state index contributed by atoms with van der Waals surface area (Å²) >= 11 is 0. The molecule has 0 aliphatic heterocycles. The standard InChI is InChI=1S/C14H10N2O2/c17-14(18)10-3-5-16-9-12(7-13(16)6-10)11-2-1-4-15-8-11/h1-9H,(H,17,18). The molecule has 3 heterocycles. The van der Waals surface area contributed by atoms with Crippen LogP contribution >= 0.6 is 0 Å². The van der Waals surface area contributed by atoms with Crippen LogP contribution in [0.25, 0.3) is 16.6 Å². The Morgan fingerprint density at radius 1 is 1.22 bits per heavy atom. The highest BCUT2D eigenvalue weighted by Crippen LogP contribution is 2.22. The number of carboxylic acids is 1. The zero-order valence-corrected chi connectivity index (χ0v) is 9.45. The number of carboxylic acid groups (broad SMARTS) is 1. The Hall–Kier alpha value is -2.62. The average Bonchev–Trinajstić information content (AvgIpc) is 2.82. The van der Waals surface area contributed by atoms with Gasteiger partial charge in [0.15, 0.2) is 0 Å². The molecule has 0 aliphatic carbocycles. The molecule has 3 aromatic heterocycles. The zero-order chi connectivity index (χ0) is 12.5. The van der Waals surface area contributed by atoms with E-state index in [2.05, 4.69) is 4.98 Å². The Labute approximate surface area is 103 Å². The van der Waals surface area contributed by atoms with Gasteiger partial charge in [-0.2, -0.15) is 0 Å². The predicted octanol–water partition coefficient (Wildman–Crippen LogP) is 2.70. The van der Waals surface area contributed by atoms with Gasteiger partial charge in [-0.25, -0.2) is 4.79 Å². The summed E-state index contributed by atoms with van der Waals surface area (Å²) in [5, 5.41) is 8.95. The van der Waals surface area contributed by atoms with Crippen LogP contribution in [0.5, 0.6) is 0 Å². The lowest BCUT2D eigenvalue weighted by molar-refractivity contribution is 0.0697. The minimum absolute atomic E-state index is 0.290. The van der Waals surface area contributed by atoms with E-state index in [4.69, 9.17) is 5.11 Å². The molecule has 3 aromatic rings. The van der Waals surface area contributed by atoms with Crippen LogP contribution in [0.3, 0.4) is 0 Å². The van der Waals surface area contributed by atoms with Crippen molar-refractivity contribution in [2.75, 3.05) is 0 Å². The van der Waals surface area contributed by atoms with Gasteiger partial charge < -0.3 is 9.51 Å². The number of carbonyl (C=O) groups is 1. The first-order chi connectivity index (χ1) is 8.74. The van der Waals surface area contributed by atoms with Gasteiger partial charge in [-0.05, 0) is 24.3 Å². The van der Waals surface area contributed by atoms with E-state index >= 15 is 0 Å². The second-order valence-corrected chi connectivity index (χ2v) is 4.02. The molecular weight excluding hydrogens is 228 g/mol. The van der Waals surface area contributed by atoms with Crippen LogP contribution in [0.2, 0.25) is 0 Å². The molecule has 0 fully saturated rings. The highest BCUT2D eigenvalue weighted by molar-refractivity contribution is 5.89. The molecule has 4 heteroatoms. The molecule has 0 saturated heterocycles. The third kappa shape index (κ3) is 1.73. The minimum atomic E-state index is -0.915. The third-order valence-corrected chi connectivity index (χ3v) is 2.84. The fourth-order valence-electron chi connectivity index (χ4n) is 1.93. The number of aromatic nitrogens is 2. The van der Waals surface area contributed by atoms with E-state index in [-0.39, 0.29) is 0 Å². The number of hydrogen-bond donors (Lipinski definition) is 1. The average molecular weight is 238 g/mol. The molecule has 0 amide bonds. The Morgan fingerprint density at radius 2 is 2.11 bits per heavy atom. The van der Waals surface area contributed by atoms with Crippen molar-refractivity contribution in [3.05, 3.63) is 60.7 Å². The molecule has 0 unspecified atom stereocenters. The summed E-state index contributed by atoms with van der Waals surface area (Å²) in [6.07, 6.45) is 7.21. The van der Waals surface area contributed by atoms with Crippen LogP contribution in [0.4, 0.5) is 0 Å². The lowest BCUT2D eigenvalue weighted by Gasteiger charge is -1.96. The van der Waals surface area contributed by atoms with Crippen LogP contribution in [-0.2, 0) is 0 Å². The predicted molar refractivity (Wildman–Crippen MR) is 67.6 cm³/mol. The van der Waals surface area contributed by atoms with Crippen molar-refractivity contribution in [3.63, 3.8) is 0 Å². The van der Waals surface area contributed by atoms with E-state index < -0.39 is 5.97 Å². The van der Waals surface area contributed by atoms with Crippen LogP contribution in [0.15, 0.2) is 55.1 Å². The van der Waals surface area contributed by atoms with E-state index in [1.54, 1.807) is 30.7 Å². The first-order valence-corrected chi connectivity index (χ1v) is 5.49. The first-order valence-electron chi connectivity index (χ1n) is 5.49. The number of pyridine rings is 2. The van der Waals surface area contributed by atoms with Crippen molar-refractivity contribution in [1.29, 1.82) is 0 Å². The number of rotatable bonds is 2. The second kappa shape index (κ2) is 4.00. The summed E-state index contributed by atoms with van der Waals surface area (Å²) in [4.78, 5) is 15.0.